The molecule has 1 heterocycles. The van der Waals surface area contributed by atoms with E-state index in [4.69, 9.17) is 10.0 Å². The van der Waals surface area contributed by atoms with Crippen LogP contribution < -0.4 is 5.84 Å². The molecule has 1 aromatic rings. The lowest BCUT2D eigenvalue weighted by molar-refractivity contribution is 0.140. The molecule has 0 saturated heterocycles. The summed E-state index contributed by atoms with van der Waals surface area (Å²) in [5, 5.41) is 1.34. The first kappa shape index (κ1) is 16.4. The van der Waals surface area contributed by atoms with Crippen molar-refractivity contribution >= 4 is 21.9 Å². The number of allylic oxidation sites excluding steroid dienone is 2. The maximum absolute atomic E-state index is 12.6. The number of nitrogens with zero attached hydrogens (tertiary/aromatic N) is 1. The lowest BCUT2D eigenvalue weighted by Crippen LogP contribution is -2.37. The van der Waals surface area contributed by atoms with Gasteiger partial charge in [-0.2, -0.15) is 8.42 Å². The number of nitrogens with two attached hydrogens (primary N) is 1. The molecule has 7 heteroatoms. The maximum Gasteiger partial charge on any atom is 0.300 e. The van der Waals surface area contributed by atoms with Crippen molar-refractivity contribution in [1.82, 2.24) is 5.01 Å². The van der Waals surface area contributed by atoms with Gasteiger partial charge in [0.25, 0.3) is 10.1 Å². The molecule has 1 aliphatic rings. The summed E-state index contributed by atoms with van der Waals surface area (Å²) in [7, 11) is -3.87. The number of rotatable bonds is 3. The summed E-state index contributed by atoms with van der Waals surface area (Å²) >= 11 is 1.30. The van der Waals surface area contributed by atoms with Crippen LogP contribution >= 0.6 is 11.8 Å². The van der Waals surface area contributed by atoms with Crippen LogP contribution in [-0.2, 0) is 14.3 Å². The fraction of sp³-hybridized carbons (Fsp3) is 0.429. The number of hydrazine groups is 1. The van der Waals surface area contributed by atoms with Gasteiger partial charge in [0, 0.05) is 10.6 Å². The van der Waals surface area contributed by atoms with Crippen LogP contribution in [-0.4, -0.2) is 19.0 Å². The SMILES string of the molecule is CC1=C(C)N(N)C(OS(=O)(=O)c2c(C)cc(C)cc2C)S1. The quantitative estimate of drug-likeness (QED) is 0.679. The lowest BCUT2D eigenvalue weighted by atomic mass is 10.1. The second kappa shape index (κ2) is 5.64. The maximum atomic E-state index is 12.6. The summed E-state index contributed by atoms with van der Waals surface area (Å²) in [5.74, 6) is 5.86. The Labute approximate surface area is 130 Å². The Morgan fingerprint density at radius 2 is 1.67 bits per heavy atom. The van der Waals surface area contributed by atoms with Crippen molar-refractivity contribution in [1.29, 1.82) is 0 Å². The molecular weight excluding hydrogens is 308 g/mol. The Bertz CT molecular complexity index is 688. The van der Waals surface area contributed by atoms with E-state index in [9.17, 15) is 8.42 Å². The lowest BCUT2D eigenvalue weighted by Gasteiger charge is -2.22. The molecule has 1 aromatic carbocycles. The van der Waals surface area contributed by atoms with E-state index in [-0.39, 0.29) is 4.90 Å². The van der Waals surface area contributed by atoms with Crippen LogP contribution in [0.25, 0.3) is 0 Å². The van der Waals surface area contributed by atoms with Crippen molar-refractivity contribution in [3.63, 3.8) is 0 Å². The Morgan fingerprint density at radius 1 is 1.14 bits per heavy atom. The first-order chi connectivity index (χ1) is 9.63. The van der Waals surface area contributed by atoms with Crippen LogP contribution in [0.1, 0.15) is 30.5 Å². The van der Waals surface area contributed by atoms with Crippen LogP contribution in [0.15, 0.2) is 27.6 Å². The number of hydrogen-bond donors (Lipinski definition) is 1. The predicted molar refractivity (Wildman–Crippen MR) is 84.7 cm³/mol. The summed E-state index contributed by atoms with van der Waals surface area (Å²) in [6.07, 6.45) is 0. The third-order valence-electron chi connectivity index (χ3n) is 3.47. The zero-order chi connectivity index (χ0) is 15.9. The van der Waals surface area contributed by atoms with E-state index >= 15 is 0 Å². The van der Waals surface area contributed by atoms with Crippen molar-refractivity contribution in [2.24, 2.45) is 5.84 Å². The van der Waals surface area contributed by atoms with Gasteiger partial charge in [0.2, 0.25) is 5.56 Å². The zero-order valence-electron chi connectivity index (χ0n) is 12.8. The van der Waals surface area contributed by atoms with Crippen LogP contribution in [0.5, 0.6) is 0 Å². The molecule has 5 nitrogen and oxygen atoms in total. The molecule has 0 amide bonds. The standard InChI is InChI=1S/C14H20N2O3S2/c1-8-6-9(2)13(10(3)7-8)21(17,18)19-14-16(15)11(4)12(5)20-14/h6-7,14H,15H2,1-5H3. The average molecular weight is 328 g/mol. The molecule has 0 aromatic heterocycles. The first-order valence-corrected chi connectivity index (χ1v) is 8.81. The molecule has 0 bridgehead atoms. The first-order valence-electron chi connectivity index (χ1n) is 6.52. The molecule has 1 atom stereocenters. The van der Waals surface area contributed by atoms with E-state index in [0.29, 0.717) is 11.1 Å². The largest absolute Gasteiger partial charge is 0.300 e. The van der Waals surface area contributed by atoms with Crippen LogP contribution in [0, 0.1) is 20.8 Å². The van der Waals surface area contributed by atoms with Crippen molar-refractivity contribution in [2.45, 2.75) is 45.1 Å². The van der Waals surface area contributed by atoms with Gasteiger partial charge in [-0.1, -0.05) is 29.5 Å². The molecule has 0 saturated carbocycles. The summed E-state index contributed by atoms with van der Waals surface area (Å²) in [4.78, 5) is 1.18. The number of aryl methyl sites for hydroxylation is 3. The van der Waals surface area contributed by atoms with E-state index in [2.05, 4.69) is 0 Å². The molecule has 0 radical (unpaired) electrons. The second-order valence-corrected chi connectivity index (χ2v) is 8.01. The van der Waals surface area contributed by atoms with Crippen molar-refractivity contribution in [3.05, 3.63) is 39.4 Å². The molecule has 1 unspecified atom stereocenters. The Kier molecular flexibility index (Phi) is 4.39. The van der Waals surface area contributed by atoms with Crippen LogP contribution in [0.4, 0.5) is 0 Å². The van der Waals surface area contributed by atoms with Crippen molar-refractivity contribution < 1.29 is 12.6 Å². The van der Waals surface area contributed by atoms with Crippen LogP contribution in [0.2, 0.25) is 0 Å². The predicted octanol–water partition coefficient (Wildman–Crippen LogP) is 2.77. The van der Waals surface area contributed by atoms with Gasteiger partial charge < -0.3 is 0 Å². The molecule has 21 heavy (non-hydrogen) atoms. The van der Waals surface area contributed by atoms with Gasteiger partial charge in [-0.25, -0.2) is 10.0 Å². The third-order valence-corrected chi connectivity index (χ3v) is 6.34. The molecule has 116 valence electrons. The molecule has 1 aliphatic heterocycles. The zero-order valence-corrected chi connectivity index (χ0v) is 14.4. The van der Waals surface area contributed by atoms with E-state index in [1.54, 1.807) is 13.8 Å². The molecule has 0 spiro atoms. The summed E-state index contributed by atoms with van der Waals surface area (Å²) in [6, 6.07) is 3.67. The van der Waals surface area contributed by atoms with E-state index < -0.39 is 15.7 Å². The Balaban J connectivity index is 2.33. The molecule has 0 aliphatic carbocycles. The van der Waals surface area contributed by atoms with Gasteiger partial charge in [0.15, 0.2) is 0 Å². The minimum absolute atomic E-state index is 0.226. The molecule has 0 fully saturated rings. The van der Waals surface area contributed by atoms with Crippen LogP contribution in [0.3, 0.4) is 0 Å². The van der Waals surface area contributed by atoms with Crippen molar-refractivity contribution in [3.8, 4) is 0 Å². The fourth-order valence-corrected chi connectivity index (χ4v) is 5.05. The topological polar surface area (TPSA) is 72.6 Å². The van der Waals surface area contributed by atoms with Gasteiger partial charge in [0.05, 0.1) is 0 Å². The molecule has 2 N–H and O–H groups in total. The highest BCUT2D eigenvalue weighted by atomic mass is 32.2. The minimum atomic E-state index is -3.87. The van der Waals surface area contributed by atoms with E-state index in [1.165, 1.54) is 16.8 Å². The van der Waals surface area contributed by atoms with E-state index in [0.717, 1.165) is 16.2 Å². The number of benzene rings is 1. The van der Waals surface area contributed by atoms with Crippen molar-refractivity contribution in [2.75, 3.05) is 0 Å². The Morgan fingerprint density at radius 3 is 2.10 bits per heavy atom. The highest BCUT2D eigenvalue weighted by Gasteiger charge is 2.33. The van der Waals surface area contributed by atoms with Gasteiger partial charge in [-0.15, -0.1) is 0 Å². The Hall–Kier alpha value is -1.02. The van der Waals surface area contributed by atoms with E-state index in [1.807, 2.05) is 32.9 Å². The van der Waals surface area contributed by atoms with Gasteiger partial charge in [0.1, 0.15) is 4.90 Å². The highest BCUT2D eigenvalue weighted by molar-refractivity contribution is 8.04. The summed E-state index contributed by atoms with van der Waals surface area (Å²) in [6.45, 7) is 9.20. The van der Waals surface area contributed by atoms with Gasteiger partial charge in [-0.05, 0) is 45.7 Å². The summed E-state index contributed by atoms with van der Waals surface area (Å²) < 4.78 is 30.5. The molecular formula is C14H20N2O3S2. The second-order valence-electron chi connectivity index (χ2n) is 5.25. The monoisotopic (exact) mass is 328 g/mol. The summed E-state index contributed by atoms with van der Waals surface area (Å²) in [5.41, 5.74) is 2.45. The smallest absolute Gasteiger partial charge is 0.276 e. The number of hydrogen-bond acceptors (Lipinski definition) is 6. The third kappa shape index (κ3) is 3.11. The fourth-order valence-electron chi connectivity index (χ4n) is 2.42. The normalized spacial score (nSPS) is 19.5. The number of thioether (sulfide) groups is 1. The highest BCUT2D eigenvalue weighted by Crippen LogP contribution is 2.38. The van der Waals surface area contributed by atoms with Gasteiger partial charge in [-0.3, -0.25) is 5.01 Å². The minimum Gasteiger partial charge on any atom is -0.276 e. The van der Waals surface area contributed by atoms with Gasteiger partial charge >= 0.3 is 0 Å². The molecule has 2 rings (SSSR count). The average Bonchev–Trinajstić information content (AvgIpc) is 2.54.